The number of rotatable bonds is 10. The van der Waals surface area contributed by atoms with Crippen LogP contribution in [0.5, 0.6) is 0 Å². The highest BCUT2D eigenvalue weighted by atomic mass is 14.6. The summed E-state index contributed by atoms with van der Waals surface area (Å²) in [7, 11) is 0. The van der Waals surface area contributed by atoms with Crippen molar-refractivity contribution in [1.82, 2.24) is 4.98 Å². The Morgan fingerprint density at radius 1 is 0.696 bits per heavy atom. The van der Waals surface area contributed by atoms with Gasteiger partial charge in [0.2, 0.25) is 0 Å². The lowest BCUT2D eigenvalue weighted by Gasteiger charge is -2.20. The van der Waals surface area contributed by atoms with Crippen molar-refractivity contribution in [3.8, 4) is 0 Å². The summed E-state index contributed by atoms with van der Waals surface area (Å²) in [6, 6.07) is 15.5. The van der Waals surface area contributed by atoms with Crippen LogP contribution in [0.4, 0.5) is 0 Å². The first-order valence-corrected chi connectivity index (χ1v) is 9.30. The van der Waals surface area contributed by atoms with Crippen molar-refractivity contribution in [2.45, 2.75) is 70.6 Å². The fraction of sp³-hybridized carbons (Fsp3) is 0.500. The SMILES string of the molecule is CCCC(CCCC(CCC)c1ccncc1)c1ccccc1. The van der Waals surface area contributed by atoms with Crippen LogP contribution in [0.15, 0.2) is 54.9 Å². The first-order chi connectivity index (χ1) is 11.3. The number of hydrogen-bond donors (Lipinski definition) is 0. The van der Waals surface area contributed by atoms with E-state index >= 15 is 0 Å². The van der Waals surface area contributed by atoms with E-state index in [9.17, 15) is 0 Å². The molecule has 0 saturated heterocycles. The Morgan fingerprint density at radius 3 is 1.74 bits per heavy atom. The highest BCUT2D eigenvalue weighted by Crippen LogP contribution is 2.31. The largest absolute Gasteiger partial charge is 0.265 e. The molecule has 0 aliphatic heterocycles. The fourth-order valence-electron chi connectivity index (χ4n) is 3.62. The van der Waals surface area contributed by atoms with Crippen LogP contribution in [-0.2, 0) is 0 Å². The van der Waals surface area contributed by atoms with Crippen LogP contribution >= 0.6 is 0 Å². The molecule has 0 N–H and O–H groups in total. The number of pyridine rings is 1. The third-order valence-electron chi connectivity index (χ3n) is 4.83. The van der Waals surface area contributed by atoms with Gasteiger partial charge in [-0.3, -0.25) is 4.98 Å². The van der Waals surface area contributed by atoms with Crippen LogP contribution in [0.3, 0.4) is 0 Å². The molecule has 0 bridgehead atoms. The van der Waals surface area contributed by atoms with Gasteiger partial charge >= 0.3 is 0 Å². The van der Waals surface area contributed by atoms with Gasteiger partial charge in [-0.25, -0.2) is 0 Å². The van der Waals surface area contributed by atoms with E-state index in [1.807, 2.05) is 12.4 Å². The van der Waals surface area contributed by atoms with Gasteiger partial charge in [0, 0.05) is 12.4 Å². The molecule has 1 heterocycles. The average Bonchev–Trinajstić information content (AvgIpc) is 2.61. The average molecular weight is 309 g/mol. The lowest BCUT2D eigenvalue weighted by molar-refractivity contribution is 0.483. The topological polar surface area (TPSA) is 12.9 Å². The van der Waals surface area contributed by atoms with Crippen LogP contribution in [0.1, 0.15) is 81.8 Å². The zero-order valence-electron chi connectivity index (χ0n) is 14.7. The van der Waals surface area contributed by atoms with Crippen molar-refractivity contribution in [3.05, 3.63) is 66.0 Å². The van der Waals surface area contributed by atoms with Crippen LogP contribution in [-0.4, -0.2) is 4.98 Å². The Labute approximate surface area is 142 Å². The molecule has 2 unspecified atom stereocenters. The summed E-state index contributed by atoms with van der Waals surface area (Å²) in [6.07, 6.45) is 12.9. The summed E-state index contributed by atoms with van der Waals surface area (Å²) in [5, 5.41) is 0. The second-order valence-corrected chi connectivity index (χ2v) is 6.59. The molecular formula is C22H31N. The maximum absolute atomic E-state index is 4.16. The Balaban J connectivity index is 1.92. The number of aromatic nitrogens is 1. The van der Waals surface area contributed by atoms with Crippen LogP contribution in [0, 0.1) is 0 Å². The molecule has 0 amide bonds. The lowest BCUT2D eigenvalue weighted by atomic mass is 9.85. The predicted molar refractivity (Wildman–Crippen MR) is 99.8 cm³/mol. The van der Waals surface area contributed by atoms with Gasteiger partial charge in [0.25, 0.3) is 0 Å². The van der Waals surface area contributed by atoms with Gasteiger partial charge in [-0.15, -0.1) is 0 Å². The Bertz CT molecular complexity index is 471. The fourth-order valence-corrected chi connectivity index (χ4v) is 3.62. The second kappa shape index (κ2) is 10.2. The molecule has 2 atom stereocenters. The minimum absolute atomic E-state index is 0.695. The van der Waals surface area contributed by atoms with Crippen molar-refractivity contribution in [3.63, 3.8) is 0 Å². The first-order valence-electron chi connectivity index (χ1n) is 9.30. The highest BCUT2D eigenvalue weighted by Gasteiger charge is 2.14. The molecule has 1 heteroatoms. The maximum Gasteiger partial charge on any atom is 0.0270 e. The van der Waals surface area contributed by atoms with Crippen LogP contribution in [0.2, 0.25) is 0 Å². The molecule has 0 fully saturated rings. The highest BCUT2D eigenvalue weighted by molar-refractivity contribution is 5.19. The van der Waals surface area contributed by atoms with Gasteiger partial charge in [0.1, 0.15) is 0 Å². The molecule has 0 spiro atoms. The smallest absolute Gasteiger partial charge is 0.0270 e. The predicted octanol–water partition coefficient (Wildman–Crippen LogP) is 6.72. The van der Waals surface area contributed by atoms with Gasteiger partial charge in [-0.05, 0) is 60.8 Å². The van der Waals surface area contributed by atoms with Crippen molar-refractivity contribution >= 4 is 0 Å². The quantitative estimate of drug-likeness (QED) is 0.474. The lowest BCUT2D eigenvalue weighted by Crippen LogP contribution is -2.03. The van der Waals surface area contributed by atoms with E-state index in [1.165, 1.54) is 56.1 Å². The number of benzene rings is 1. The van der Waals surface area contributed by atoms with Gasteiger partial charge in [-0.2, -0.15) is 0 Å². The van der Waals surface area contributed by atoms with Gasteiger partial charge in [0.15, 0.2) is 0 Å². The first kappa shape index (κ1) is 17.7. The van der Waals surface area contributed by atoms with E-state index in [2.05, 4.69) is 61.3 Å². The zero-order chi connectivity index (χ0) is 16.3. The van der Waals surface area contributed by atoms with E-state index in [1.54, 1.807) is 0 Å². The van der Waals surface area contributed by atoms with E-state index in [0.29, 0.717) is 5.92 Å². The second-order valence-electron chi connectivity index (χ2n) is 6.59. The molecule has 0 radical (unpaired) electrons. The third-order valence-corrected chi connectivity index (χ3v) is 4.83. The molecule has 1 aromatic carbocycles. The molecule has 0 aliphatic carbocycles. The number of nitrogens with zero attached hydrogens (tertiary/aromatic N) is 1. The Kier molecular flexibility index (Phi) is 7.86. The normalized spacial score (nSPS) is 13.7. The van der Waals surface area contributed by atoms with Gasteiger partial charge < -0.3 is 0 Å². The summed E-state index contributed by atoms with van der Waals surface area (Å²) < 4.78 is 0. The van der Waals surface area contributed by atoms with Gasteiger partial charge in [-0.1, -0.05) is 63.4 Å². The minimum Gasteiger partial charge on any atom is -0.265 e. The molecule has 1 aromatic heterocycles. The summed E-state index contributed by atoms with van der Waals surface area (Å²) >= 11 is 0. The minimum atomic E-state index is 0.695. The molecule has 1 nitrogen and oxygen atoms in total. The standard InChI is InChI=1S/C22H31N/c1-3-9-19(21-11-6-5-7-12-21)13-8-14-20(10-4-2)22-15-17-23-18-16-22/h5-7,11-12,15-20H,3-4,8-10,13-14H2,1-2H3. The number of hydrogen-bond acceptors (Lipinski definition) is 1. The summed E-state index contributed by atoms with van der Waals surface area (Å²) in [4.78, 5) is 4.16. The van der Waals surface area contributed by atoms with Crippen LogP contribution in [0.25, 0.3) is 0 Å². The van der Waals surface area contributed by atoms with Crippen molar-refractivity contribution < 1.29 is 0 Å². The molecule has 23 heavy (non-hydrogen) atoms. The molecule has 0 aliphatic rings. The van der Waals surface area contributed by atoms with Crippen molar-refractivity contribution in [2.24, 2.45) is 0 Å². The van der Waals surface area contributed by atoms with E-state index < -0.39 is 0 Å². The summed E-state index contributed by atoms with van der Waals surface area (Å²) in [6.45, 7) is 4.59. The Hall–Kier alpha value is -1.63. The summed E-state index contributed by atoms with van der Waals surface area (Å²) in [5.41, 5.74) is 2.99. The zero-order valence-corrected chi connectivity index (χ0v) is 14.7. The Morgan fingerprint density at radius 2 is 1.22 bits per heavy atom. The van der Waals surface area contributed by atoms with Crippen molar-refractivity contribution in [2.75, 3.05) is 0 Å². The summed E-state index contributed by atoms with van der Waals surface area (Å²) in [5.74, 6) is 1.42. The maximum atomic E-state index is 4.16. The monoisotopic (exact) mass is 309 g/mol. The van der Waals surface area contributed by atoms with E-state index in [4.69, 9.17) is 0 Å². The molecule has 2 rings (SSSR count). The van der Waals surface area contributed by atoms with Crippen molar-refractivity contribution in [1.29, 1.82) is 0 Å². The van der Waals surface area contributed by atoms with Gasteiger partial charge in [0.05, 0.1) is 0 Å². The molecule has 124 valence electrons. The van der Waals surface area contributed by atoms with E-state index in [0.717, 1.165) is 5.92 Å². The third kappa shape index (κ3) is 5.82. The molecule has 0 saturated carbocycles. The molecule has 2 aromatic rings. The van der Waals surface area contributed by atoms with E-state index in [-0.39, 0.29) is 0 Å². The molecular weight excluding hydrogens is 278 g/mol. The van der Waals surface area contributed by atoms with Crippen LogP contribution < -0.4 is 0 Å².